The molecule has 0 fully saturated rings. The predicted octanol–water partition coefficient (Wildman–Crippen LogP) is 1.68. The fourth-order valence-corrected chi connectivity index (χ4v) is 1.79. The van der Waals surface area contributed by atoms with Gasteiger partial charge in [-0.1, -0.05) is 6.07 Å². The summed E-state index contributed by atoms with van der Waals surface area (Å²) in [6.07, 6.45) is 1.92. The van der Waals surface area contributed by atoms with Gasteiger partial charge in [0.1, 0.15) is 5.75 Å². The van der Waals surface area contributed by atoms with Crippen LogP contribution < -0.4 is 4.74 Å². The highest BCUT2D eigenvalue weighted by atomic mass is 16.5. The average molecular weight is 191 g/mol. The molecule has 0 aliphatic rings. The highest BCUT2D eigenvalue weighted by Crippen LogP contribution is 2.29. The number of aromatic nitrogens is 1. The van der Waals surface area contributed by atoms with Crippen molar-refractivity contribution in [3.05, 3.63) is 30.0 Å². The van der Waals surface area contributed by atoms with Crippen LogP contribution in [0.2, 0.25) is 0 Å². The largest absolute Gasteiger partial charge is 0.496 e. The first kappa shape index (κ1) is 9.09. The zero-order chi connectivity index (χ0) is 10.1. The Hall–Kier alpha value is -1.48. The standard InChI is InChI=1S/C11H13NO2/c1-12-6-8(7-13)11-9(12)4-3-5-10(11)14-2/h3-6,13H,7H2,1-2H3. The van der Waals surface area contributed by atoms with Gasteiger partial charge in [0.15, 0.2) is 0 Å². The van der Waals surface area contributed by atoms with E-state index in [1.165, 1.54) is 0 Å². The van der Waals surface area contributed by atoms with Crippen LogP contribution in [0, 0.1) is 0 Å². The summed E-state index contributed by atoms with van der Waals surface area (Å²) < 4.78 is 7.25. The summed E-state index contributed by atoms with van der Waals surface area (Å²) in [6, 6.07) is 5.86. The Morgan fingerprint density at radius 2 is 2.21 bits per heavy atom. The Morgan fingerprint density at radius 1 is 1.43 bits per heavy atom. The Balaban J connectivity index is 2.82. The van der Waals surface area contributed by atoms with Gasteiger partial charge in [0.2, 0.25) is 0 Å². The van der Waals surface area contributed by atoms with Crippen molar-refractivity contribution in [2.24, 2.45) is 7.05 Å². The molecule has 0 spiro atoms. The molecule has 0 unspecified atom stereocenters. The van der Waals surface area contributed by atoms with Gasteiger partial charge in [0.05, 0.1) is 19.2 Å². The summed E-state index contributed by atoms with van der Waals surface area (Å²) in [7, 11) is 3.60. The number of aryl methyl sites for hydroxylation is 1. The maximum Gasteiger partial charge on any atom is 0.128 e. The molecular weight excluding hydrogens is 178 g/mol. The Morgan fingerprint density at radius 3 is 2.86 bits per heavy atom. The van der Waals surface area contributed by atoms with Gasteiger partial charge in [-0.25, -0.2) is 0 Å². The van der Waals surface area contributed by atoms with Crippen LogP contribution in [0.4, 0.5) is 0 Å². The van der Waals surface area contributed by atoms with E-state index in [-0.39, 0.29) is 6.61 Å². The van der Waals surface area contributed by atoms with E-state index in [0.717, 1.165) is 22.2 Å². The van der Waals surface area contributed by atoms with E-state index in [1.807, 2.05) is 36.0 Å². The lowest BCUT2D eigenvalue weighted by Gasteiger charge is -2.03. The van der Waals surface area contributed by atoms with Gasteiger partial charge in [0, 0.05) is 24.2 Å². The fourth-order valence-electron chi connectivity index (χ4n) is 1.79. The van der Waals surface area contributed by atoms with Crippen molar-refractivity contribution in [1.82, 2.24) is 4.57 Å². The lowest BCUT2D eigenvalue weighted by atomic mass is 10.1. The van der Waals surface area contributed by atoms with Crippen molar-refractivity contribution in [3.8, 4) is 5.75 Å². The second-order valence-electron chi connectivity index (χ2n) is 3.28. The van der Waals surface area contributed by atoms with Gasteiger partial charge < -0.3 is 14.4 Å². The van der Waals surface area contributed by atoms with Crippen LogP contribution in [0.15, 0.2) is 24.4 Å². The quantitative estimate of drug-likeness (QED) is 0.783. The van der Waals surface area contributed by atoms with Crippen LogP contribution in [-0.2, 0) is 13.7 Å². The fraction of sp³-hybridized carbons (Fsp3) is 0.273. The summed E-state index contributed by atoms with van der Waals surface area (Å²) >= 11 is 0. The molecular formula is C11H13NO2. The number of rotatable bonds is 2. The van der Waals surface area contributed by atoms with E-state index < -0.39 is 0 Å². The maximum absolute atomic E-state index is 9.20. The van der Waals surface area contributed by atoms with Crippen LogP contribution in [0.25, 0.3) is 10.9 Å². The predicted molar refractivity (Wildman–Crippen MR) is 55.4 cm³/mol. The first-order valence-electron chi connectivity index (χ1n) is 4.49. The molecule has 0 saturated heterocycles. The molecule has 0 atom stereocenters. The minimum atomic E-state index is 0.0394. The summed E-state index contributed by atoms with van der Waals surface area (Å²) in [6.45, 7) is 0.0394. The van der Waals surface area contributed by atoms with Crippen molar-refractivity contribution in [2.45, 2.75) is 6.61 Å². The molecule has 0 bridgehead atoms. The van der Waals surface area contributed by atoms with Crippen molar-refractivity contribution in [2.75, 3.05) is 7.11 Å². The molecule has 0 aliphatic heterocycles. The third kappa shape index (κ3) is 1.17. The third-order valence-electron chi connectivity index (χ3n) is 2.45. The molecule has 2 aromatic rings. The number of hydrogen-bond acceptors (Lipinski definition) is 2. The monoisotopic (exact) mass is 191 g/mol. The van der Waals surface area contributed by atoms with E-state index >= 15 is 0 Å². The number of methoxy groups -OCH3 is 1. The lowest BCUT2D eigenvalue weighted by Crippen LogP contribution is -1.86. The molecule has 3 nitrogen and oxygen atoms in total. The molecule has 1 aromatic heterocycles. The molecule has 2 rings (SSSR count). The first-order chi connectivity index (χ1) is 6.77. The van der Waals surface area contributed by atoms with E-state index in [0.29, 0.717) is 0 Å². The molecule has 14 heavy (non-hydrogen) atoms. The van der Waals surface area contributed by atoms with Gasteiger partial charge >= 0.3 is 0 Å². The topological polar surface area (TPSA) is 34.4 Å². The third-order valence-corrected chi connectivity index (χ3v) is 2.45. The van der Waals surface area contributed by atoms with Gasteiger partial charge in [-0.3, -0.25) is 0 Å². The van der Waals surface area contributed by atoms with E-state index in [1.54, 1.807) is 7.11 Å². The van der Waals surface area contributed by atoms with Crippen LogP contribution in [-0.4, -0.2) is 16.8 Å². The smallest absolute Gasteiger partial charge is 0.128 e. The van der Waals surface area contributed by atoms with Crippen LogP contribution >= 0.6 is 0 Å². The number of ether oxygens (including phenoxy) is 1. The average Bonchev–Trinajstić information content (AvgIpc) is 2.56. The zero-order valence-electron chi connectivity index (χ0n) is 8.32. The second-order valence-corrected chi connectivity index (χ2v) is 3.28. The van der Waals surface area contributed by atoms with Crippen molar-refractivity contribution in [1.29, 1.82) is 0 Å². The molecule has 74 valence electrons. The molecule has 1 heterocycles. The van der Waals surface area contributed by atoms with Crippen LogP contribution in [0.1, 0.15) is 5.56 Å². The van der Waals surface area contributed by atoms with Gasteiger partial charge in [-0.15, -0.1) is 0 Å². The second kappa shape index (κ2) is 3.35. The Labute approximate surface area is 82.5 Å². The molecule has 1 aromatic carbocycles. The number of benzene rings is 1. The highest BCUT2D eigenvalue weighted by molar-refractivity contribution is 5.89. The number of hydrogen-bond donors (Lipinski definition) is 1. The normalized spacial score (nSPS) is 10.8. The summed E-state index contributed by atoms with van der Waals surface area (Å²) in [4.78, 5) is 0. The van der Waals surface area contributed by atoms with E-state index in [4.69, 9.17) is 4.74 Å². The minimum absolute atomic E-state index is 0.0394. The number of nitrogens with zero attached hydrogens (tertiary/aromatic N) is 1. The van der Waals surface area contributed by atoms with Crippen LogP contribution in [0.3, 0.4) is 0 Å². The molecule has 0 radical (unpaired) electrons. The summed E-state index contributed by atoms with van der Waals surface area (Å²) in [5.74, 6) is 0.812. The van der Waals surface area contributed by atoms with E-state index in [2.05, 4.69) is 0 Å². The Kier molecular flexibility index (Phi) is 2.17. The molecule has 0 saturated carbocycles. The number of fused-ring (bicyclic) bond motifs is 1. The minimum Gasteiger partial charge on any atom is -0.496 e. The molecule has 0 aliphatic carbocycles. The number of aliphatic hydroxyl groups excluding tert-OH is 1. The molecule has 0 amide bonds. The number of aliphatic hydroxyl groups is 1. The first-order valence-corrected chi connectivity index (χ1v) is 4.49. The maximum atomic E-state index is 9.20. The van der Waals surface area contributed by atoms with Crippen LogP contribution in [0.5, 0.6) is 5.75 Å². The summed E-state index contributed by atoms with van der Waals surface area (Å²) in [5.41, 5.74) is 1.98. The van der Waals surface area contributed by atoms with Crippen molar-refractivity contribution < 1.29 is 9.84 Å². The SMILES string of the molecule is COc1cccc2c1c(CO)cn2C. The van der Waals surface area contributed by atoms with Gasteiger partial charge in [0.25, 0.3) is 0 Å². The van der Waals surface area contributed by atoms with Gasteiger partial charge in [-0.05, 0) is 12.1 Å². The molecule has 1 N–H and O–H groups in total. The van der Waals surface area contributed by atoms with Crippen molar-refractivity contribution in [3.63, 3.8) is 0 Å². The Bertz CT molecular complexity index is 460. The lowest BCUT2D eigenvalue weighted by molar-refractivity contribution is 0.282. The van der Waals surface area contributed by atoms with Gasteiger partial charge in [-0.2, -0.15) is 0 Å². The zero-order valence-corrected chi connectivity index (χ0v) is 8.32. The molecule has 3 heteroatoms. The van der Waals surface area contributed by atoms with E-state index in [9.17, 15) is 5.11 Å². The van der Waals surface area contributed by atoms with Crippen molar-refractivity contribution >= 4 is 10.9 Å². The summed E-state index contributed by atoms with van der Waals surface area (Å²) in [5, 5.41) is 10.2. The highest BCUT2D eigenvalue weighted by Gasteiger charge is 2.09.